The van der Waals surface area contributed by atoms with E-state index in [4.69, 9.17) is 4.52 Å². The van der Waals surface area contributed by atoms with Crippen LogP contribution in [0.3, 0.4) is 0 Å². The molecule has 2 aliphatic heterocycles. The fourth-order valence-electron chi connectivity index (χ4n) is 3.61. The number of hydrogen-bond acceptors (Lipinski definition) is 6. The van der Waals surface area contributed by atoms with Crippen molar-refractivity contribution in [3.05, 3.63) is 36.2 Å². The van der Waals surface area contributed by atoms with Crippen LogP contribution in [0.4, 0.5) is 4.79 Å². The lowest BCUT2D eigenvalue weighted by atomic mass is 10.1. The summed E-state index contributed by atoms with van der Waals surface area (Å²) < 4.78 is 5.42. The molecule has 0 radical (unpaired) electrons. The molecule has 9 nitrogen and oxygen atoms in total. The Hall–Kier alpha value is -3.23. The summed E-state index contributed by atoms with van der Waals surface area (Å²) in [5.74, 6) is 0.270. The van der Waals surface area contributed by atoms with Gasteiger partial charge in [0.2, 0.25) is 11.8 Å². The highest BCUT2D eigenvalue weighted by Crippen LogP contribution is 2.30. The van der Waals surface area contributed by atoms with Crippen molar-refractivity contribution in [1.29, 1.82) is 0 Å². The van der Waals surface area contributed by atoms with E-state index in [-0.39, 0.29) is 25.0 Å². The number of rotatable bonds is 4. The number of nitrogens with zero attached hydrogens (tertiary/aromatic N) is 4. The molecular formula is C19H21N5O4. The number of hydrogen-bond donors (Lipinski definition) is 1. The van der Waals surface area contributed by atoms with Crippen molar-refractivity contribution in [2.75, 3.05) is 19.6 Å². The van der Waals surface area contributed by atoms with Crippen LogP contribution in [0.25, 0.3) is 11.5 Å². The molecule has 4 amide bonds. The second kappa shape index (κ2) is 7.79. The molecule has 4 rings (SSSR count). The number of imide groups is 1. The topological polar surface area (TPSA) is 109 Å². The highest BCUT2D eigenvalue weighted by atomic mass is 16.5. The van der Waals surface area contributed by atoms with E-state index < -0.39 is 11.9 Å². The van der Waals surface area contributed by atoms with Crippen LogP contribution in [0.2, 0.25) is 0 Å². The molecular weight excluding hydrogens is 362 g/mol. The molecule has 1 aromatic carbocycles. The average molecular weight is 383 g/mol. The third kappa shape index (κ3) is 3.73. The van der Waals surface area contributed by atoms with Gasteiger partial charge in [-0.25, -0.2) is 4.79 Å². The highest BCUT2D eigenvalue weighted by Gasteiger charge is 2.34. The molecule has 2 aromatic rings. The van der Waals surface area contributed by atoms with Crippen molar-refractivity contribution in [3.8, 4) is 11.5 Å². The van der Waals surface area contributed by atoms with E-state index >= 15 is 0 Å². The molecule has 1 N–H and O–H groups in total. The summed E-state index contributed by atoms with van der Waals surface area (Å²) in [5, 5.41) is 6.31. The van der Waals surface area contributed by atoms with E-state index in [1.807, 2.05) is 30.3 Å². The van der Waals surface area contributed by atoms with Gasteiger partial charge in [0, 0.05) is 12.1 Å². The maximum Gasteiger partial charge on any atom is 0.325 e. The maximum atomic E-state index is 12.9. The zero-order valence-electron chi connectivity index (χ0n) is 15.3. The Kier molecular flexibility index (Phi) is 5.05. The van der Waals surface area contributed by atoms with Gasteiger partial charge in [0.1, 0.15) is 13.1 Å². The SMILES string of the molecule is O=C1CN(CC(=O)N2CCCCCC2c2noc(-c3ccccc3)n2)C(=O)N1. The van der Waals surface area contributed by atoms with Gasteiger partial charge >= 0.3 is 6.03 Å². The lowest BCUT2D eigenvalue weighted by Crippen LogP contribution is -2.43. The number of carbonyl (C=O) groups excluding carboxylic acids is 3. The summed E-state index contributed by atoms with van der Waals surface area (Å²) >= 11 is 0. The van der Waals surface area contributed by atoms with E-state index in [0.29, 0.717) is 18.3 Å². The predicted molar refractivity (Wildman–Crippen MR) is 97.8 cm³/mol. The molecule has 1 aromatic heterocycles. The van der Waals surface area contributed by atoms with Crippen LogP contribution in [0.5, 0.6) is 0 Å². The van der Waals surface area contributed by atoms with E-state index in [1.54, 1.807) is 4.90 Å². The second-order valence-corrected chi connectivity index (χ2v) is 6.99. The minimum absolute atomic E-state index is 0.0938. The van der Waals surface area contributed by atoms with Gasteiger partial charge in [0.25, 0.3) is 5.89 Å². The zero-order chi connectivity index (χ0) is 19.5. The molecule has 9 heteroatoms. The number of likely N-dealkylation sites (tertiary alicyclic amines) is 1. The van der Waals surface area contributed by atoms with Crippen molar-refractivity contribution >= 4 is 17.8 Å². The quantitative estimate of drug-likeness (QED) is 0.806. The smallest absolute Gasteiger partial charge is 0.325 e. The van der Waals surface area contributed by atoms with E-state index in [0.717, 1.165) is 31.2 Å². The van der Waals surface area contributed by atoms with Crippen LogP contribution >= 0.6 is 0 Å². The van der Waals surface area contributed by atoms with Gasteiger partial charge in [-0.2, -0.15) is 4.98 Å². The van der Waals surface area contributed by atoms with Crippen molar-refractivity contribution in [3.63, 3.8) is 0 Å². The summed E-state index contributed by atoms with van der Waals surface area (Å²) in [5.41, 5.74) is 0.819. The number of aromatic nitrogens is 2. The minimum atomic E-state index is -0.532. The second-order valence-electron chi connectivity index (χ2n) is 6.99. The highest BCUT2D eigenvalue weighted by molar-refractivity contribution is 6.03. The van der Waals surface area contributed by atoms with Crippen LogP contribution in [0.1, 0.15) is 37.5 Å². The molecule has 146 valence electrons. The Balaban J connectivity index is 1.54. The first-order chi connectivity index (χ1) is 13.6. The van der Waals surface area contributed by atoms with Crippen LogP contribution in [0.15, 0.2) is 34.9 Å². The van der Waals surface area contributed by atoms with Gasteiger partial charge in [-0.3, -0.25) is 14.9 Å². The van der Waals surface area contributed by atoms with Crippen molar-refractivity contribution in [1.82, 2.24) is 25.3 Å². The number of carbonyl (C=O) groups is 3. The molecule has 2 saturated heterocycles. The van der Waals surface area contributed by atoms with Crippen molar-refractivity contribution < 1.29 is 18.9 Å². The lowest BCUT2D eigenvalue weighted by molar-refractivity contribution is -0.134. The first kappa shape index (κ1) is 18.1. The van der Waals surface area contributed by atoms with Gasteiger partial charge < -0.3 is 14.3 Å². The summed E-state index contributed by atoms with van der Waals surface area (Å²) in [6, 6.07) is 8.62. The average Bonchev–Trinajstić information content (AvgIpc) is 3.21. The first-order valence-electron chi connectivity index (χ1n) is 9.39. The molecule has 2 aliphatic rings. The summed E-state index contributed by atoms with van der Waals surface area (Å²) in [4.78, 5) is 43.5. The van der Waals surface area contributed by atoms with Gasteiger partial charge in [-0.05, 0) is 25.0 Å². The molecule has 1 unspecified atom stereocenters. The monoisotopic (exact) mass is 383 g/mol. The van der Waals surface area contributed by atoms with Crippen LogP contribution in [0, 0.1) is 0 Å². The minimum Gasteiger partial charge on any atom is -0.334 e. The van der Waals surface area contributed by atoms with E-state index in [2.05, 4.69) is 15.5 Å². The largest absolute Gasteiger partial charge is 0.334 e. The van der Waals surface area contributed by atoms with Gasteiger partial charge in [-0.15, -0.1) is 0 Å². The van der Waals surface area contributed by atoms with Crippen LogP contribution in [-0.4, -0.2) is 57.4 Å². The first-order valence-corrected chi connectivity index (χ1v) is 9.39. The van der Waals surface area contributed by atoms with Crippen LogP contribution in [-0.2, 0) is 9.59 Å². The number of urea groups is 1. The van der Waals surface area contributed by atoms with Gasteiger partial charge in [-0.1, -0.05) is 36.2 Å². The summed E-state index contributed by atoms with van der Waals surface area (Å²) in [6.45, 7) is 0.322. The summed E-state index contributed by atoms with van der Waals surface area (Å²) in [7, 11) is 0. The molecule has 0 bridgehead atoms. The third-order valence-corrected chi connectivity index (χ3v) is 5.03. The van der Waals surface area contributed by atoms with Crippen molar-refractivity contribution in [2.45, 2.75) is 31.7 Å². The lowest BCUT2D eigenvalue weighted by Gasteiger charge is -2.29. The van der Waals surface area contributed by atoms with E-state index in [1.165, 1.54) is 4.90 Å². The normalized spacial score (nSPS) is 20.2. The summed E-state index contributed by atoms with van der Waals surface area (Å²) in [6.07, 6.45) is 3.56. The van der Waals surface area contributed by atoms with Crippen molar-refractivity contribution in [2.24, 2.45) is 0 Å². The Morgan fingerprint density at radius 2 is 2.00 bits per heavy atom. The molecule has 28 heavy (non-hydrogen) atoms. The molecule has 3 heterocycles. The molecule has 0 aliphatic carbocycles. The molecule has 0 saturated carbocycles. The van der Waals surface area contributed by atoms with E-state index in [9.17, 15) is 14.4 Å². The fourth-order valence-corrected chi connectivity index (χ4v) is 3.61. The number of benzene rings is 1. The third-order valence-electron chi connectivity index (χ3n) is 5.03. The standard InChI is InChI=1S/C19H21N5O4/c25-15-11-23(19(27)20-15)12-16(26)24-10-6-2-5-9-14(24)17-21-18(28-22-17)13-7-3-1-4-8-13/h1,3-4,7-8,14H,2,5-6,9-12H2,(H,20,25,27). The van der Waals surface area contributed by atoms with Gasteiger partial charge in [0.05, 0.1) is 6.04 Å². The Bertz CT molecular complexity index is 881. The van der Waals surface area contributed by atoms with Crippen LogP contribution < -0.4 is 5.32 Å². The number of amides is 4. The Morgan fingerprint density at radius 3 is 2.75 bits per heavy atom. The predicted octanol–water partition coefficient (Wildman–Crippen LogP) is 1.73. The Morgan fingerprint density at radius 1 is 1.18 bits per heavy atom. The zero-order valence-corrected chi connectivity index (χ0v) is 15.3. The van der Waals surface area contributed by atoms with Gasteiger partial charge in [0.15, 0.2) is 5.82 Å². The molecule has 2 fully saturated rings. The number of nitrogens with one attached hydrogen (secondary N) is 1. The molecule has 0 spiro atoms. The fraction of sp³-hybridized carbons (Fsp3) is 0.421. The maximum absolute atomic E-state index is 12.9. The molecule has 1 atom stereocenters. The Labute approximate surface area is 161 Å².